The minimum absolute atomic E-state index is 0.0549. The van der Waals surface area contributed by atoms with Crippen molar-refractivity contribution in [2.45, 2.75) is 19.8 Å². The molecular weight excluding hydrogens is 410 g/mol. The van der Waals surface area contributed by atoms with Gasteiger partial charge in [0.1, 0.15) is 0 Å². The Hall–Kier alpha value is -1.41. The van der Waals surface area contributed by atoms with E-state index < -0.39 is 17.8 Å². The molecular formula is C13H13Br2NO5. The fourth-order valence-electron chi connectivity index (χ4n) is 1.52. The van der Waals surface area contributed by atoms with Crippen LogP contribution in [0.15, 0.2) is 21.1 Å². The van der Waals surface area contributed by atoms with Gasteiger partial charge in [-0.3, -0.25) is 9.59 Å². The molecule has 0 spiro atoms. The SMILES string of the molecule is CCOC(=O)CCC(=O)Nc1c(Br)cc(Br)cc1C(=O)O. The quantitative estimate of drug-likeness (QED) is 0.686. The third kappa shape index (κ3) is 5.47. The molecule has 0 aliphatic rings. The Labute approximate surface area is 138 Å². The lowest BCUT2D eigenvalue weighted by atomic mass is 10.1. The number of hydrogen-bond acceptors (Lipinski definition) is 4. The summed E-state index contributed by atoms with van der Waals surface area (Å²) in [6.07, 6.45) is -0.142. The lowest BCUT2D eigenvalue weighted by Gasteiger charge is -2.11. The summed E-state index contributed by atoms with van der Waals surface area (Å²) in [6.45, 7) is 1.93. The maximum atomic E-state index is 11.8. The van der Waals surface area contributed by atoms with Gasteiger partial charge < -0.3 is 15.2 Å². The standard InChI is InChI=1S/C13H13Br2NO5/c1-2-21-11(18)4-3-10(17)16-12-8(13(19)20)5-7(14)6-9(12)15/h5-6H,2-4H2,1H3,(H,16,17)(H,19,20). The topological polar surface area (TPSA) is 92.7 Å². The molecule has 6 nitrogen and oxygen atoms in total. The van der Waals surface area contributed by atoms with Crippen molar-refractivity contribution in [2.24, 2.45) is 0 Å². The van der Waals surface area contributed by atoms with Gasteiger partial charge in [0.05, 0.1) is 24.3 Å². The van der Waals surface area contributed by atoms with Crippen LogP contribution in [0.1, 0.15) is 30.1 Å². The van der Waals surface area contributed by atoms with Crippen molar-refractivity contribution in [1.29, 1.82) is 0 Å². The van der Waals surface area contributed by atoms with Gasteiger partial charge in [-0.1, -0.05) is 15.9 Å². The molecule has 8 heteroatoms. The zero-order valence-corrected chi connectivity index (χ0v) is 14.3. The number of anilines is 1. The monoisotopic (exact) mass is 421 g/mol. The number of halogens is 2. The number of carboxylic acids is 1. The first-order valence-electron chi connectivity index (χ1n) is 6.03. The third-order valence-electron chi connectivity index (χ3n) is 2.41. The van der Waals surface area contributed by atoms with Gasteiger partial charge in [-0.15, -0.1) is 0 Å². The van der Waals surface area contributed by atoms with Crippen LogP contribution < -0.4 is 5.32 Å². The Morgan fingerprint density at radius 3 is 2.48 bits per heavy atom. The van der Waals surface area contributed by atoms with Crippen LogP contribution in [0, 0.1) is 0 Å². The Bertz CT molecular complexity index is 574. The van der Waals surface area contributed by atoms with E-state index in [1.807, 2.05) is 0 Å². The van der Waals surface area contributed by atoms with Crippen LogP contribution in [0.2, 0.25) is 0 Å². The predicted molar refractivity (Wildman–Crippen MR) is 83.3 cm³/mol. The van der Waals surface area contributed by atoms with Gasteiger partial charge in [-0.25, -0.2) is 4.79 Å². The van der Waals surface area contributed by atoms with Crippen LogP contribution >= 0.6 is 31.9 Å². The molecule has 0 radical (unpaired) electrons. The van der Waals surface area contributed by atoms with Crippen LogP contribution in [0.3, 0.4) is 0 Å². The van der Waals surface area contributed by atoms with Gasteiger partial charge in [0.25, 0.3) is 0 Å². The predicted octanol–water partition coefficient (Wildman–Crippen LogP) is 3.19. The van der Waals surface area contributed by atoms with Gasteiger partial charge >= 0.3 is 11.9 Å². The van der Waals surface area contributed by atoms with Crippen LogP contribution in [0.5, 0.6) is 0 Å². The fraction of sp³-hybridized carbons (Fsp3) is 0.308. The molecule has 0 fully saturated rings. The molecule has 0 aromatic heterocycles. The molecule has 2 N–H and O–H groups in total. The molecule has 0 saturated heterocycles. The molecule has 0 aliphatic heterocycles. The summed E-state index contributed by atoms with van der Waals surface area (Å²) >= 11 is 6.38. The van der Waals surface area contributed by atoms with Crippen molar-refractivity contribution in [3.05, 3.63) is 26.6 Å². The van der Waals surface area contributed by atoms with Crippen molar-refractivity contribution in [3.63, 3.8) is 0 Å². The second-order valence-corrected chi connectivity index (χ2v) is 5.74. The molecule has 0 atom stereocenters. The highest BCUT2D eigenvalue weighted by Gasteiger charge is 2.17. The van der Waals surface area contributed by atoms with Crippen molar-refractivity contribution in [1.82, 2.24) is 0 Å². The van der Waals surface area contributed by atoms with Gasteiger partial charge in [0.2, 0.25) is 5.91 Å². The van der Waals surface area contributed by atoms with E-state index in [9.17, 15) is 14.4 Å². The lowest BCUT2D eigenvalue weighted by Crippen LogP contribution is -2.17. The van der Waals surface area contributed by atoms with Gasteiger partial charge in [-0.2, -0.15) is 0 Å². The number of carbonyl (C=O) groups excluding carboxylic acids is 2. The zero-order valence-electron chi connectivity index (χ0n) is 11.1. The maximum absolute atomic E-state index is 11.8. The molecule has 0 saturated carbocycles. The molecule has 1 amide bonds. The van der Waals surface area contributed by atoms with E-state index in [2.05, 4.69) is 37.2 Å². The number of esters is 1. The lowest BCUT2D eigenvalue weighted by molar-refractivity contribution is -0.144. The summed E-state index contributed by atoms with van der Waals surface area (Å²) in [5.74, 6) is -2.10. The zero-order chi connectivity index (χ0) is 16.0. The molecule has 1 aromatic carbocycles. The Morgan fingerprint density at radius 2 is 1.90 bits per heavy atom. The normalized spacial score (nSPS) is 10.0. The molecule has 0 heterocycles. The summed E-state index contributed by atoms with van der Waals surface area (Å²) < 4.78 is 5.71. The van der Waals surface area contributed by atoms with Gasteiger partial charge in [0, 0.05) is 15.4 Å². The van der Waals surface area contributed by atoms with Crippen molar-refractivity contribution >= 4 is 55.4 Å². The molecule has 1 aromatic rings. The average molecular weight is 423 g/mol. The number of hydrogen-bond donors (Lipinski definition) is 2. The summed E-state index contributed by atoms with van der Waals surface area (Å²) in [6, 6.07) is 3.00. The highest BCUT2D eigenvalue weighted by Crippen LogP contribution is 2.31. The summed E-state index contributed by atoms with van der Waals surface area (Å²) in [4.78, 5) is 34.2. The third-order valence-corrected chi connectivity index (χ3v) is 3.49. The molecule has 21 heavy (non-hydrogen) atoms. The van der Waals surface area contributed by atoms with E-state index in [4.69, 9.17) is 9.84 Å². The first-order chi connectivity index (χ1) is 9.85. The Balaban J connectivity index is 2.80. The van der Waals surface area contributed by atoms with E-state index >= 15 is 0 Å². The van der Waals surface area contributed by atoms with Crippen molar-refractivity contribution in [2.75, 3.05) is 11.9 Å². The number of aromatic carboxylic acids is 1. The summed E-state index contributed by atoms with van der Waals surface area (Å²) in [5, 5.41) is 11.6. The summed E-state index contributed by atoms with van der Waals surface area (Å²) in [7, 11) is 0. The minimum Gasteiger partial charge on any atom is -0.478 e. The number of rotatable bonds is 6. The number of ether oxygens (including phenoxy) is 1. The van der Waals surface area contributed by atoms with E-state index in [1.165, 1.54) is 6.07 Å². The second kappa shape index (κ2) is 8.14. The molecule has 0 unspecified atom stereocenters. The number of nitrogens with one attached hydrogen (secondary N) is 1. The molecule has 0 bridgehead atoms. The van der Waals surface area contributed by atoms with Crippen molar-refractivity contribution in [3.8, 4) is 0 Å². The maximum Gasteiger partial charge on any atom is 0.337 e. The first-order valence-corrected chi connectivity index (χ1v) is 7.61. The van der Waals surface area contributed by atoms with Crippen LogP contribution in [0.25, 0.3) is 0 Å². The van der Waals surface area contributed by atoms with Crippen LogP contribution in [-0.2, 0) is 14.3 Å². The van der Waals surface area contributed by atoms with Gasteiger partial charge in [-0.05, 0) is 35.0 Å². The number of carbonyl (C=O) groups is 3. The highest BCUT2D eigenvalue weighted by atomic mass is 79.9. The van der Waals surface area contributed by atoms with Gasteiger partial charge in [0.15, 0.2) is 0 Å². The number of carboxylic acid groups (broad SMARTS) is 1. The molecule has 0 aliphatic carbocycles. The van der Waals surface area contributed by atoms with E-state index in [1.54, 1.807) is 13.0 Å². The average Bonchev–Trinajstić information content (AvgIpc) is 2.39. The minimum atomic E-state index is -1.17. The van der Waals surface area contributed by atoms with Crippen molar-refractivity contribution < 1.29 is 24.2 Å². The number of benzene rings is 1. The van der Waals surface area contributed by atoms with E-state index in [0.29, 0.717) is 8.95 Å². The van der Waals surface area contributed by atoms with Crippen LogP contribution in [-0.4, -0.2) is 29.6 Å². The number of amides is 1. The highest BCUT2D eigenvalue weighted by molar-refractivity contribution is 9.11. The van der Waals surface area contributed by atoms with Crippen LogP contribution in [0.4, 0.5) is 5.69 Å². The van der Waals surface area contributed by atoms with E-state index in [0.717, 1.165) is 0 Å². The fourth-order valence-corrected chi connectivity index (χ4v) is 2.84. The molecule has 114 valence electrons. The largest absolute Gasteiger partial charge is 0.478 e. The van der Waals surface area contributed by atoms with E-state index in [-0.39, 0.29) is 30.7 Å². The Kier molecular flexibility index (Phi) is 6.83. The molecule has 1 rings (SSSR count). The smallest absolute Gasteiger partial charge is 0.337 e. The second-order valence-electron chi connectivity index (χ2n) is 3.97. The first kappa shape index (κ1) is 17.6. The Morgan fingerprint density at radius 1 is 1.24 bits per heavy atom. The summed E-state index contributed by atoms with van der Waals surface area (Å²) in [5.41, 5.74) is 0.0975.